The van der Waals surface area contributed by atoms with Crippen LogP contribution in [0.3, 0.4) is 0 Å². The minimum absolute atomic E-state index is 0.0424. The van der Waals surface area contributed by atoms with Crippen molar-refractivity contribution in [1.29, 1.82) is 0 Å². The molecule has 0 aliphatic carbocycles. The van der Waals surface area contributed by atoms with Crippen molar-refractivity contribution in [2.75, 3.05) is 26.3 Å². The Bertz CT molecular complexity index is 1240. The van der Waals surface area contributed by atoms with Gasteiger partial charge in [0, 0.05) is 31.5 Å². The smallest absolute Gasteiger partial charge is 0.410 e. The van der Waals surface area contributed by atoms with Gasteiger partial charge in [0.15, 0.2) is 0 Å². The average Bonchev–Trinajstić information content (AvgIpc) is 3.06. The molecule has 1 aromatic carbocycles. The summed E-state index contributed by atoms with van der Waals surface area (Å²) in [6.07, 6.45) is 0.843. The van der Waals surface area contributed by atoms with Gasteiger partial charge >= 0.3 is 18.2 Å². The van der Waals surface area contributed by atoms with Crippen LogP contribution < -0.4 is 21.4 Å². The monoisotopic (exact) mass is 733 g/mol. The lowest BCUT2D eigenvalue weighted by Gasteiger charge is -2.38. The molecule has 52 heavy (non-hydrogen) atoms. The third-order valence-electron chi connectivity index (χ3n) is 8.02. The molecule has 3 atom stereocenters. The lowest BCUT2D eigenvalue weighted by molar-refractivity contribution is -0.178. The van der Waals surface area contributed by atoms with E-state index in [9.17, 15) is 24.0 Å². The Kier molecular flexibility index (Phi) is 21.0. The second kappa shape index (κ2) is 23.6. The number of amides is 4. The molecule has 0 aromatic heterocycles. The number of carbonyl (C=O) groups is 5. The van der Waals surface area contributed by atoms with Crippen LogP contribution >= 0.6 is 0 Å². The molecule has 13 nitrogen and oxygen atoms in total. The van der Waals surface area contributed by atoms with Gasteiger partial charge < -0.3 is 24.8 Å². The van der Waals surface area contributed by atoms with Crippen molar-refractivity contribution in [1.82, 2.24) is 26.4 Å². The number of rotatable bonds is 23. The van der Waals surface area contributed by atoms with Crippen molar-refractivity contribution >= 4 is 30.0 Å². The number of carbonyl (C=O) groups excluding carboxylic acids is 5. The van der Waals surface area contributed by atoms with Crippen LogP contribution in [-0.4, -0.2) is 79.1 Å². The van der Waals surface area contributed by atoms with Crippen LogP contribution in [-0.2, 0) is 35.0 Å². The van der Waals surface area contributed by atoms with Gasteiger partial charge in [0.05, 0.1) is 13.2 Å². The molecular weight excluding hydrogens is 666 g/mol. The van der Waals surface area contributed by atoms with Crippen LogP contribution in [0.1, 0.15) is 107 Å². The van der Waals surface area contributed by atoms with Gasteiger partial charge in [0.25, 0.3) is 17.5 Å². The van der Waals surface area contributed by atoms with Gasteiger partial charge in [-0.25, -0.2) is 14.6 Å². The topological polar surface area (TPSA) is 164 Å². The summed E-state index contributed by atoms with van der Waals surface area (Å²) >= 11 is 0. The SMILES string of the molecule is CCCCC(=O)O[C@@](NC(=O)OCC(C)C)(C(=O)N[C@@H](CCc1ccccc1)CN(CC(C)C)NC(=O)[C@@H](NC(=O)OCC(C)C)C(C)C)C(C)C. The first-order valence-corrected chi connectivity index (χ1v) is 18.9. The van der Waals surface area contributed by atoms with Crippen molar-refractivity contribution < 1.29 is 38.2 Å². The van der Waals surface area contributed by atoms with Crippen molar-refractivity contribution in [2.45, 2.75) is 126 Å². The number of ether oxygens (including phenoxy) is 3. The minimum atomic E-state index is -2.07. The number of esters is 1. The molecule has 0 aliphatic heterocycles. The van der Waals surface area contributed by atoms with Gasteiger partial charge in [-0.05, 0) is 48.5 Å². The lowest BCUT2D eigenvalue weighted by Crippen LogP contribution is -2.66. The number of hydrogen-bond donors (Lipinski definition) is 4. The summed E-state index contributed by atoms with van der Waals surface area (Å²) in [7, 11) is 0. The molecule has 4 amide bonds. The van der Waals surface area contributed by atoms with Gasteiger partial charge in [-0.15, -0.1) is 0 Å². The van der Waals surface area contributed by atoms with E-state index in [4.69, 9.17) is 14.2 Å². The predicted molar refractivity (Wildman–Crippen MR) is 202 cm³/mol. The Hall–Kier alpha value is -3.87. The highest BCUT2D eigenvalue weighted by Gasteiger charge is 2.48. The van der Waals surface area contributed by atoms with Crippen LogP contribution in [0.5, 0.6) is 0 Å². The van der Waals surface area contributed by atoms with E-state index in [0.717, 1.165) is 12.0 Å². The van der Waals surface area contributed by atoms with Gasteiger partial charge in [-0.3, -0.25) is 25.1 Å². The van der Waals surface area contributed by atoms with Crippen LogP contribution in [0.15, 0.2) is 30.3 Å². The zero-order chi connectivity index (χ0) is 39.4. The van der Waals surface area contributed by atoms with E-state index >= 15 is 0 Å². The number of alkyl carbamates (subject to hydrolysis) is 2. The summed E-state index contributed by atoms with van der Waals surface area (Å²) in [5, 5.41) is 10.1. The average molecular weight is 734 g/mol. The van der Waals surface area contributed by atoms with E-state index in [1.165, 1.54) is 0 Å². The zero-order valence-corrected chi connectivity index (χ0v) is 33.5. The molecule has 0 heterocycles. The molecule has 1 aromatic rings. The second-order valence-corrected chi connectivity index (χ2v) is 15.4. The zero-order valence-electron chi connectivity index (χ0n) is 33.5. The van der Waals surface area contributed by atoms with E-state index < -0.39 is 53.7 Å². The fourth-order valence-electron chi connectivity index (χ4n) is 5.17. The molecule has 0 saturated heterocycles. The van der Waals surface area contributed by atoms with Gasteiger partial charge in [0.2, 0.25) is 0 Å². The van der Waals surface area contributed by atoms with E-state index in [2.05, 4.69) is 21.4 Å². The number of aryl methyl sites for hydroxylation is 1. The van der Waals surface area contributed by atoms with Gasteiger partial charge in [-0.1, -0.05) is 113 Å². The maximum absolute atomic E-state index is 14.4. The van der Waals surface area contributed by atoms with E-state index in [-0.39, 0.29) is 49.9 Å². The first kappa shape index (κ1) is 46.2. The minimum Gasteiger partial charge on any atom is -0.449 e. The Morgan fingerprint density at radius 3 is 1.88 bits per heavy atom. The second-order valence-electron chi connectivity index (χ2n) is 15.4. The number of hydrazine groups is 1. The molecular formula is C39H67N5O8. The van der Waals surface area contributed by atoms with Gasteiger partial charge in [-0.2, -0.15) is 0 Å². The number of nitrogens with zero attached hydrogens (tertiary/aromatic N) is 1. The number of benzene rings is 1. The van der Waals surface area contributed by atoms with Crippen molar-refractivity contribution in [2.24, 2.45) is 29.6 Å². The van der Waals surface area contributed by atoms with Crippen molar-refractivity contribution in [3.05, 3.63) is 35.9 Å². The van der Waals surface area contributed by atoms with Gasteiger partial charge in [0.1, 0.15) is 6.04 Å². The van der Waals surface area contributed by atoms with Crippen LogP contribution in [0.2, 0.25) is 0 Å². The highest BCUT2D eigenvalue weighted by atomic mass is 16.6. The van der Waals surface area contributed by atoms with Crippen LogP contribution in [0.25, 0.3) is 0 Å². The van der Waals surface area contributed by atoms with Crippen LogP contribution in [0.4, 0.5) is 9.59 Å². The summed E-state index contributed by atoms with van der Waals surface area (Å²) in [5.41, 5.74) is 1.95. The molecule has 0 aliphatic rings. The molecule has 0 radical (unpaired) electrons. The third kappa shape index (κ3) is 17.6. The first-order chi connectivity index (χ1) is 24.4. The molecule has 4 N–H and O–H groups in total. The molecule has 0 spiro atoms. The van der Waals surface area contributed by atoms with Crippen molar-refractivity contribution in [3.63, 3.8) is 0 Å². The number of hydrogen-bond acceptors (Lipinski definition) is 9. The molecule has 296 valence electrons. The third-order valence-corrected chi connectivity index (χ3v) is 8.02. The highest BCUT2D eigenvalue weighted by Crippen LogP contribution is 2.23. The number of unbranched alkanes of at least 4 members (excludes halogenated alkanes) is 1. The Morgan fingerprint density at radius 2 is 1.37 bits per heavy atom. The van der Waals surface area contributed by atoms with Crippen molar-refractivity contribution in [3.8, 4) is 0 Å². The highest BCUT2D eigenvalue weighted by molar-refractivity contribution is 5.91. The quantitative estimate of drug-likeness (QED) is 0.0459. The van der Waals surface area contributed by atoms with Crippen LogP contribution in [0, 0.1) is 29.6 Å². The largest absolute Gasteiger partial charge is 0.449 e. The van der Waals surface area contributed by atoms with E-state index in [1.807, 2.05) is 92.6 Å². The molecule has 0 fully saturated rings. The molecule has 0 unspecified atom stereocenters. The number of nitrogens with one attached hydrogen (secondary N) is 4. The lowest BCUT2D eigenvalue weighted by atomic mass is 9.96. The normalized spacial score (nSPS) is 13.9. The summed E-state index contributed by atoms with van der Waals surface area (Å²) in [5.74, 6) is -2.41. The Morgan fingerprint density at radius 1 is 0.769 bits per heavy atom. The molecule has 0 saturated carbocycles. The Balaban J connectivity index is 3.49. The summed E-state index contributed by atoms with van der Waals surface area (Å²) in [6.45, 7) is 21.5. The maximum Gasteiger partial charge on any atom is 0.410 e. The predicted octanol–water partition coefficient (Wildman–Crippen LogP) is 5.97. The van der Waals surface area contributed by atoms with E-state index in [0.29, 0.717) is 25.8 Å². The summed E-state index contributed by atoms with van der Waals surface area (Å²) in [6, 6.07) is 8.30. The fourth-order valence-corrected chi connectivity index (χ4v) is 5.17. The summed E-state index contributed by atoms with van der Waals surface area (Å²) in [4.78, 5) is 66.8. The van der Waals surface area contributed by atoms with E-state index in [1.54, 1.807) is 18.9 Å². The maximum atomic E-state index is 14.4. The summed E-state index contributed by atoms with van der Waals surface area (Å²) < 4.78 is 16.5. The standard InChI is InChI=1S/C39H67N5O8/c1-12-13-19-33(45)52-39(30(10)11,42-38(49)51-25-28(6)7)36(47)40-32(21-20-31-17-15-14-16-18-31)23-44(22-26(2)3)43-35(46)34(29(8)9)41-37(48)50-24-27(4)5/h14-18,26-30,32,34H,12-13,19-25H2,1-11H3,(H,40,47)(H,41,48)(H,42,49)(H,43,46)/t32-,34-,39+/m0/s1. The Labute approximate surface area is 312 Å². The molecule has 1 rings (SSSR count). The molecule has 0 bridgehead atoms. The molecule has 13 heteroatoms. The fraction of sp³-hybridized carbons (Fsp3) is 0.718. The first-order valence-electron chi connectivity index (χ1n) is 18.9.